The monoisotopic (exact) mass is 265 g/mol. The van der Waals surface area contributed by atoms with Gasteiger partial charge in [-0.15, -0.1) is 5.10 Å². The van der Waals surface area contributed by atoms with Gasteiger partial charge in [0.15, 0.2) is 0 Å². The molecule has 0 spiro atoms. The summed E-state index contributed by atoms with van der Waals surface area (Å²) in [5.74, 6) is 0. The largest absolute Gasteiger partial charge is 0.242 e. The Morgan fingerprint density at radius 3 is 2.70 bits per heavy atom. The molecule has 0 aliphatic carbocycles. The van der Waals surface area contributed by atoms with Crippen molar-refractivity contribution in [2.45, 2.75) is 32.7 Å². The Bertz CT molecular complexity index is 715. The van der Waals surface area contributed by atoms with Crippen LogP contribution in [0.15, 0.2) is 48.5 Å². The number of rotatable bonds is 4. The van der Waals surface area contributed by atoms with Crippen LogP contribution >= 0.6 is 0 Å². The standard InChI is InChI=1S/C17H19N3/c1-3-14-7-6-8-15(12-14)11-13(2)20-17-10-5-4-9-16(17)18-19-20/h4-10,12-13H,3,11H2,1-2H3. The third kappa shape index (κ3) is 2.44. The second-order valence-electron chi connectivity index (χ2n) is 5.25. The maximum absolute atomic E-state index is 4.30. The molecule has 0 saturated heterocycles. The lowest BCUT2D eigenvalue weighted by Crippen LogP contribution is -2.10. The Morgan fingerprint density at radius 2 is 1.85 bits per heavy atom. The molecule has 3 heteroatoms. The maximum atomic E-state index is 4.30. The fraction of sp³-hybridized carbons (Fsp3) is 0.294. The molecule has 1 aromatic heterocycles. The van der Waals surface area contributed by atoms with Crippen LogP contribution in [0.1, 0.15) is 31.0 Å². The summed E-state index contributed by atoms with van der Waals surface area (Å²) in [5, 5.41) is 8.53. The highest BCUT2D eigenvalue weighted by molar-refractivity contribution is 5.73. The minimum Gasteiger partial charge on any atom is -0.242 e. The first-order chi connectivity index (χ1) is 9.78. The van der Waals surface area contributed by atoms with Crippen molar-refractivity contribution in [2.24, 2.45) is 0 Å². The summed E-state index contributed by atoms with van der Waals surface area (Å²) < 4.78 is 2.02. The molecule has 0 N–H and O–H groups in total. The number of hydrogen-bond donors (Lipinski definition) is 0. The van der Waals surface area contributed by atoms with Gasteiger partial charge in [0.1, 0.15) is 5.52 Å². The van der Waals surface area contributed by atoms with Crippen molar-refractivity contribution < 1.29 is 0 Å². The first kappa shape index (κ1) is 12.9. The van der Waals surface area contributed by atoms with Gasteiger partial charge in [0, 0.05) is 0 Å². The molecular formula is C17H19N3. The average molecular weight is 265 g/mol. The van der Waals surface area contributed by atoms with E-state index in [0.29, 0.717) is 6.04 Å². The number of fused-ring (bicyclic) bond motifs is 1. The van der Waals surface area contributed by atoms with E-state index in [-0.39, 0.29) is 0 Å². The van der Waals surface area contributed by atoms with Crippen LogP contribution in [0.3, 0.4) is 0 Å². The predicted octanol–water partition coefficient (Wildman–Crippen LogP) is 3.80. The van der Waals surface area contributed by atoms with Gasteiger partial charge in [-0.25, -0.2) is 4.68 Å². The summed E-state index contributed by atoms with van der Waals surface area (Å²) >= 11 is 0. The van der Waals surface area contributed by atoms with Crippen molar-refractivity contribution in [1.82, 2.24) is 15.0 Å². The van der Waals surface area contributed by atoms with Crippen LogP contribution in [0.2, 0.25) is 0 Å². The molecule has 0 aliphatic rings. The van der Waals surface area contributed by atoms with Gasteiger partial charge in [-0.05, 0) is 43.0 Å². The molecule has 1 heterocycles. The highest BCUT2D eigenvalue weighted by Crippen LogP contribution is 2.19. The molecule has 0 aliphatic heterocycles. The van der Waals surface area contributed by atoms with E-state index in [0.717, 1.165) is 23.9 Å². The zero-order valence-electron chi connectivity index (χ0n) is 12.0. The molecule has 0 bridgehead atoms. The van der Waals surface area contributed by atoms with Crippen LogP contribution < -0.4 is 0 Å². The van der Waals surface area contributed by atoms with E-state index in [4.69, 9.17) is 0 Å². The van der Waals surface area contributed by atoms with E-state index in [9.17, 15) is 0 Å². The summed E-state index contributed by atoms with van der Waals surface area (Å²) in [5.41, 5.74) is 4.81. The quantitative estimate of drug-likeness (QED) is 0.718. The molecule has 0 saturated carbocycles. The van der Waals surface area contributed by atoms with Crippen molar-refractivity contribution >= 4 is 11.0 Å². The van der Waals surface area contributed by atoms with Gasteiger partial charge in [-0.2, -0.15) is 0 Å². The Morgan fingerprint density at radius 1 is 1.05 bits per heavy atom. The van der Waals surface area contributed by atoms with Crippen molar-refractivity contribution in [3.63, 3.8) is 0 Å². The van der Waals surface area contributed by atoms with E-state index in [2.05, 4.69) is 54.5 Å². The lowest BCUT2D eigenvalue weighted by Gasteiger charge is -2.13. The highest BCUT2D eigenvalue weighted by atomic mass is 15.4. The minimum absolute atomic E-state index is 0.300. The molecule has 0 radical (unpaired) electrons. The number of aryl methyl sites for hydroxylation is 1. The fourth-order valence-corrected chi connectivity index (χ4v) is 2.62. The second-order valence-corrected chi connectivity index (χ2v) is 5.25. The molecule has 3 nitrogen and oxygen atoms in total. The topological polar surface area (TPSA) is 30.7 Å². The van der Waals surface area contributed by atoms with Gasteiger partial charge in [0.05, 0.1) is 11.6 Å². The molecule has 3 aromatic rings. The van der Waals surface area contributed by atoms with Crippen molar-refractivity contribution in [2.75, 3.05) is 0 Å². The van der Waals surface area contributed by atoms with Gasteiger partial charge in [-0.1, -0.05) is 48.5 Å². The average Bonchev–Trinajstić information content (AvgIpc) is 2.91. The number of nitrogens with zero attached hydrogens (tertiary/aromatic N) is 3. The van der Waals surface area contributed by atoms with E-state index in [1.807, 2.05) is 22.9 Å². The Balaban J connectivity index is 1.87. The van der Waals surface area contributed by atoms with Gasteiger partial charge < -0.3 is 0 Å². The molecule has 3 rings (SSSR count). The van der Waals surface area contributed by atoms with Crippen LogP contribution in [-0.2, 0) is 12.8 Å². The van der Waals surface area contributed by atoms with Crippen LogP contribution in [0.25, 0.3) is 11.0 Å². The molecule has 0 amide bonds. The van der Waals surface area contributed by atoms with Gasteiger partial charge in [-0.3, -0.25) is 0 Å². The molecule has 0 fully saturated rings. The molecule has 1 unspecified atom stereocenters. The van der Waals surface area contributed by atoms with E-state index in [1.54, 1.807) is 0 Å². The first-order valence-electron chi connectivity index (χ1n) is 7.15. The number of hydrogen-bond acceptors (Lipinski definition) is 2. The molecule has 102 valence electrons. The van der Waals surface area contributed by atoms with Gasteiger partial charge in [0.25, 0.3) is 0 Å². The summed E-state index contributed by atoms with van der Waals surface area (Å²) in [7, 11) is 0. The summed E-state index contributed by atoms with van der Waals surface area (Å²) in [6.45, 7) is 4.38. The van der Waals surface area contributed by atoms with E-state index >= 15 is 0 Å². The van der Waals surface area contributed by atoms with Crippen molar-refractivity contribution in [3.8, 4) is 0 Å². The van der Waals surface area contributed by atoms with Crippen LogP contribution in [0, 0.1) is 0 Å². The van der Waals surface area contributed by atoms with Gasteiger partial charge >= 0.3 is 0 Å². The first-order valence-corrected chi connectivity index (χ1v) is 7.15. The fourth-order valence-electron chi connectivity index (χ4n) is 2.62. The lowest BCUT2D eigenvalue weighted by atomic mass is 10.0. The maximum Gasteiger partial charge on any atom is 0.113 e. The molecular weight excluding hydrogens is 246 g/mol. The number of aromatic nitrogens is 3. The zero-order chi connectivity index (χ0) is 13.9. The smallest absolute Gasteiger partial charge is 0.113 e. The predicted molar refractivity (Wildman–Crippen MR) is 81.8 cm³/mol. The molecule has 1 atom stereocenters. The zero-order valence-corrected chi connectivity index (χ0v) is 12.0. The van der Waals surface area contributed by atoms with Crippen LogP contribution in [0.5, 0.6) is 0 Å². The Labute approximate surface area is 119 Å². The number of benzene rings is 2. The van der Waals surface area contributed by atoms with E-state index in [1.165, 1.54) is 11.1 Å². The van der Waals surface area contributed by atoms with Crippen LogP contribution in [-0.4, -0.2) is 15.0 Å². The van der Waals surface area contributed by atoms with Crippen molar-refractivity contribution in [1.29, 1.82) is 0 Å². The molecule has 2 aromatic carbocycles. The summed E-state index contributed by atoms with van der Waals surface area (Å²) in [6.07, 6.45) is 2.05. The third-order valence-corrected chi connectivity index (χ3v) is 3.73. The van der Waals surface area contributed by atoms with Crippen molar-refractivity contribution in [3.05, 3.63) is 59.7 Å². The molecule has 20 heavy (non-hydrogen) atoms. The second kappa shape index (κ2) is 5.45. The third-order valence-electron chi connectivity index (χ3n) is 3.73. The Hall–Kier alpha value is -2.16. The SMILES string of the molecule is CCc1cccc(CC(C)n2nnc3ccccc32)c1. The van der Waals surface area contributed by atoms with Gasteiger partial charge in [0.2, 0.25) is 0 Å². The Kier molecular flexibility index (Phi) is 3.50. The van der Waals surface area contributed by atoms with E-state index < -0.39 is 0 Å². The van der Waals surface area contributed by atoms with Crippen LogP contribution in [0.4, 0.5) is 0 Å². The number of para-hydroxylation sites is 1. The summed E-state index contributed by atoms with van der Waals surface area (Å²) in [4.78, 5) is 0. The lowest BCUT2D eigenvalue weighted by molar-refractivity contribution is 0.488. The summed E-state index contributed by atoms with van der Waals surface area (Å²) in [6, 6.07) is 17.2. The minimum atomic E-state index is 0.300. The normalized spacial score (nSPS) is 12.7. The highest BCUT2D eigenvalue weighted by Gasteiger charge is 2.11.